The van der Waals surface area contributed by atoms with E-state index in [9.17, 15) is 9.18 Å². The van der Waals surface area contributed by atoms with Gasteiger partial charge in [-0.2, -0.15) is 0 Å². The summed E-state index contributed by atoms with van der Waals surface area (Å²) in [6.07, 6.45) is 2.24. The lowest BCUT2D eigenvalue weighted by atomic mass is 10.1. The number of amides is 1. The average molecular weight is 308 g/mol. The van der Waals surface area contributed by atoms with Crippen LogP contribution in [0.15, 0.2) is 18.2 Å². The van der Waals surface area contributed by atoms with E-state index in [2.05, 4.69) is 24.1 Å². The van der Waals surface area contributed by atoms with Crippen molar-refractivity contribution >= 4 is 5.91 Å². The minimum Gasteiger partial charge on any atom is -0.392 e. The third-order valence-corrected chi connectivity index (χ3v) is 4.59. The minimum atomic E-state index is -0.425. The summed E-state index contributed by atoms with van der Waals surface area (Å²) in [4.78, 5) is 14.6. The highest BCUT2D eigenvalue weighted by Gasteiger charge is 2.34. The Morgan fingerprint density at radius 3 is 2.64 bits per heavy atom. The van der Waals surface area contributed by atoms with Crippen LogP contribution in [0.1, 0.15) is 44.7 Å². The second kappa shape index (κ2) is 7.20. The van der Waals surface area contributed by atoms with E-state index in [4.69, 9.17) is 5.11 Å². The lowest BCUT2D eigenvalue weighted by Gasteiger charge is -2.31. The molecule has 1 fully saturated rings. The Morgan fingerprint density at radius 1 is 1.41 bits per heavy atom. The van der Waals surface area contributed by atoms with Gasteiger partial charge < -0.3 is 10.4 Å². The standard InChI is InChI=1S/C17H25FN2O2/c1-11-4-5-12(2)20(11)13(3)17(22)19-9-14-6-7-16(18)15(8-14)10-21/h6-8,11-13,21H,4-5,9-10H2,1-3H3,(H,19,22)/t11-,12-,13+/m1/s1. The van der Waals surface area contributed by atoms with Crippen LogP contribution in [-0.2, 0) is 17.9 Å². The Labute approximate surface area is 131 Å². The van der Waals surface area contributed by atoms with E-state index in [1.165, 1.54) is 6.07 Å². The molecule has 1 aliphatic heterocycles. The van der Waals surface area contributed by atoms with E-state index in [1.54, 1.807) is 12.1 Å². The number of rotatable bonds is 5. The highest BCUT2D eigenvalue weighted by Crippen LogP contribution is 2.25. The molecule has 1 saturated heterocycles. The number of aliphatic hydroxyl groups excluding tert-OH is 1. The van der Waals surface area contributed by atoms with E-state index in [-0.39, 0.29) is 24.1 Å². The molecular formula is C17H25FN2O2. The number of carbonyl (C=O) groups excluding carboxylic acids is 1. The van der Waals surface area contributed by atoms with Crippen LogP contribution in [0, 0.1) is 5.82 Å². The van der Waals surface area contributed by atoms with Crippen molar-refractivity contribution in [1.82, 2.24) is 10.2 Å². The molecule has 1 aliphatic rings. The molecule has 0 aliphatic carbocycles. The number of likely N-dealkylation sites (tertiary alicyclic amines) is 1. The van der Waals surface area contributed by atoms with Crippen molar-refractivity contribution in [2.45, 2.75) is 64.9 Å². The quantitative estimate of drug-likeness (QED) is 0.877. The predicted octanol–water partition coefficient (Wildman–Crippen LogP) is 2.20. The Balaban J connectivity index is 1.95. The zero-order valence-electron chi connectivity index (χ0n) is 13.5. The fraction of sp³-hybridized carbons (Fsp3) is 0.588. The fourth-order valence-electron chi connectivity index (χ4n) is 3.31. The second-order valence-corrected chi connectivity index (χ2v) is 6.20. The van der Waals surface area contributed by atoms with Gasteiger partial charge in [-0.3, -0.25) is 9.69 Å². The van der Waals surface area contributed by atoms with Crippen LogP contribution in [-0.4, -0.2) is 34.0 Å². The van der Waals surface area contributed by atoms with Gasteiger partial charge in [-0.15, -0.1) is 0 Å². The third-order valence-electron chi connectivity index (χ3n) is 4.59. The Bertz CT molecular complexity index is 525. The Morgan fingerprint density at radius 2 is 2.05 bits per heavy atom. The smallest absolute Gasteiger partial charge is 0.237 e. The first kappa shape index (κ1) is 16.9. The summed E-state index contributed by atoms with van der Waals surface area (Å²) < 4.78 is 13.3. The molecule has 1 aromatic carbocycles. The van der Waals surface area contributed by atoms with Crippen molar-refractivity contribution in [3.8, 4) is 0 Å². The first-order valence-electron chi connectivity index (χ1n) is 7.87. The molecule has 0 spiro atoms. The molecule has 0 radical (unpaired) electrons. The zero-order chi connectivity index (χ0) is 16.3. The molecule has 2 rings (SSSR count). The van der Waals surface area contributed by atoms with Crippen LogP contribution >= 0.6 is 0 Å². The van der Waals surface area contributed by atoms with Crippen molar-refractivity contribution in [3.05, 3.63) is 35.1 Å². The van der Waals surface area contributed by atoms with Gasteiger partial charge >= 0.3 is 0 Å². The Hall–Kier alpha value is -1.46. The van der Waals surface area contributed by atoms with Gasteiger partial charge in [0, 0.05) is 24.2 Å². The molecule has 22 heavy (non-hydrogen) atoms. The van der Waals surface area contributed by atoms with Crippen LogP contribution in [0.5, 0.6) is 0 Å². The number of nitrogens with zero attached hydrogens (tertiary/aromatic N) is 1. The molecule has 122 valence electrons. The first-order valence-corrected chi connectivity index (χ1v) is 7.87. The van der Waals surface area contributed by atoms with Crippen LogP contribution in [0.4, 0.5) is 4.39 Å². The molecule has 1 aromatic rings. The van der Waals surface area contributed by atoms with Gasteiger partial charge in [0.1, 0.15) is 5.82 Å². The highest BCUT2D eigenvalue weighted by atomic mass is 19.1. The predicted molar refractivity (Wildman–Crippen MR) is 83.6 cm³/mol. The molecule has 1 amide bonds. The van der Waals surface area contributed by atoms with E-state index in [0.29, 0.717) is 18.6 Å². The van der Waals surface area contributed by atoms with Gasteiger partial charge in [0.05, 0.1) is 12.6 Å². The number of hydrogen-bond donors (Lipinski definition) is 2. The second-order valence-electron chi connectivity index (χ2n) is 6.20. The molecule has 4 nitrogen and oxygen atoms in total. The molecule has 0 saturated carbocycles. The van der Waals surface area contributed by atoms with Gasteiger partial charge in [0.15, 0.2) is 0 Å². The van der Waals surface area contributed by atoms with Gasteiger partial charge in [-0.1, -0.05) is 6.07 Å². The molecule has 5 heteroatoms. The van der Waals surface area contributed by atoms with Gasteiger partial charge in [-0.25, -0.2) is 4.39 Å². The minimum absolute atomic E-state index is 0.0181. The molecule has 0 unspecified atom stereocenters. The largest absolute Gasteiger partial charge is 0.392 e. The van der Waals surface area contributed by atoms with Crippen LogP contribution in [0.2, 0.25) is 0 Å². The van der Waals surface area contributed by atoms with Crippen LogP contribution in [0.3, 0.4) is 0 Å². The molecule has 3 atom stereocenters. The van der Waals surface area contributed by atoms with Crippen molar-refractivity contribution in [2.75, 3.05) is 0 Å². The SMILES string of the molecule is C[C@@H]1CC[C@@H](C)N1[C@@H](C)C(=O)NCc1ccc(F)c(CO)c1. The summed E-state index contributed by atoms with van der Waals surface area (Å²) in [5.74, 6) is -0.443. The van der Waals surface area contributed by atoms with Crippen LogP contribution < -0.4 is 5.32 Å². The topological polar surface area (TPSA) is 52.6 Å². The van der Waals surface area contributed by atoms with Gasteiger partial charge in [-0.05, 0) is 51.3 Å². The van der Waals surface area contributed by atoms with Gasteiger partial charge in [0.25, 0.3) is 0 Å². The van der Waals surface area contributed by atoms with E-state index in [0.717, 1.165) is 18.4 Å². The van der Waals surface area contributed by atoms with E-state index in [1.807, 2.05) is 6.92 Å². The summed E-state index contributed by atoms with van der Waals surface area (Å²) in [5.41, 5.74) is 1.04. The summed E-state index contributed by atoms with van der Waals surface area (Å²) in [5, 5.41) is 12.0. The maximum absolute atomic E-state index is 13.3. The maximum Gasteiger partial charge on any atom is 0.237 e. The fourth-order valence-corrected chi connectivity index (χ4v) is 3.31. The third kappa shape index (κ3) is 3.65. The van der Waals surface area contributed by atoms with E-state index < -0.39 is 5.82 Å². The average Bonchev–Trinajstić information content (AvgIpc) is 2.84. The molecule has 2 N–H and O–H groups in total. The van der Waals surface area contributed by atoms with E-state index >= 15 is 0 Å². The number of halogens is 1. The molecular weight excluding hydrogens is 283 g/mol. The summed E-state index contributed by atoms with van der Waals surface area (Å²) in [6.45, 7) is 6.24. The lowest BCUT2D eigenvalue weighted by molar-refractivity contribution is -0.127. The first-order chi connectivity index (χ1) is 10.4. The number of benzene rings is 1. The number of hydrogen-bond acceptors (Lipinski definition) is 3. The van der Waals surface area contributed by atoms with Crippen molar-refractivity contribution in [3.63, 3.8) is 0 Å². The number of nitrogens with one attached hydrogen (secondary N) is 1. The number of carbonyl (C=O) groups is 1. The summed E-state index contributed by atoms with van der Waals surface area (Å²) in [6, 6.07) is 5.19. The van der Waals surface area contributed by atoms with Crippen molar-refractivity contribution in [2.24, 2.45) is 0 Å². The molecule has 0 bridgehead atoms. The normalized spacial score (nSPS) is 23.5. The lowest BCUT2D eigenvalue weighted by Crippen LogP contribution is -2.48. The highest BCUT2D eigenvalue weighted by molar-refractivity contribution is 5.81. The molecule has 1 heterocycles. The zero-order valence-corrected chi connectivity index (χ0v) is 13.5. The maximum atomic E-state index is 13.3. The van der Waals surface area contributed by atoms with Crippen LogP contribution in [0.25, 0.3) is 0 Å². The van der Waals surface area contributed by atoms with Crippen molar-refractivity contribution in [1.29, 1.82) is 0 Å². The summed E-state index contributed by atoms with van der Waals surface area (Å²) >= 11 is 0. The monoisotopic (exact) mass is 308 g/mol. The van der Waals surface area contributed by atoms with Crippen molar-refractivity contribution < 1.29 is 14.3 Å². The molecule has 0 aromatic heterocycles. The Kier molecular flexibility index (Phi) is 5.53. The number of aliphatic hydroxyl groups is 1. The summed E-state index contributed by atoms with van der Waals surface area (Å²) in [7, 11) is 0. The van der Waals surface area contributed by atoms with Gasteiger partial charge in [0.2, 0.25) is 5.91 Å².